The van der Waals surface area contributed by atoms with Gasteiger partial charge in [0.25, 0.3) is 0 Å². The molecule has 0 aromatic rings. The van der Waals surface area contributed by atoms with E-state index in [2.05, 4.69) is 10.1 Å². The predicted octanol–water partition coefficient (Wildman–Crippen LogP) is 0.646. The third kappa shape index (κ3) is 2.70. The van der Waals surface area contributed by atoms with Crippen LogP contribution in [0.15, 0.2) is 0 Å². The number of carbonyl (C=O) groups excluding carboxylic acids is 1. The lowest BCUT2D eigenvalue weighted by molar-refractivity contribution is 0.106. The van der Waals surface area contributed by atoms with Crippen LogP contribution >= 0.6 is 0 Å². The number of hydrogen-bond acceptors (Lipinski definition) is 3. The molecule has 1 aliphatic carbocycles. The molecule has 12 heavy (non-hydrogen) atoms. The van der Waals surface area contributed by atoms with Gasteiger partial charge < -0.3 is 15.2 Å². The van der Waals surface area contributed by atoms with Gasteiger partial charge in [0.15, 0.2) is 0 Å². The Bertz CT molecular complexity index is 160. The summed E-state index contributed by atoms with van der Waals surface area (Å²) in [6, 6.07) is 0.0844. The van der Waals surface area contributed by atoms with Crippen LogP contribution in [0.4, 0.5) is 4.79 Å². The number of carbonyl (C=O) groups is 1. The normalized spacial score (nSPS) is 29.5. The molecule has 1 aliphatic rings. The number of hydrogen-bond donors (Lipinski definition) is 2. The summed E-state index contributed by atoms with van der Waals surface area (Å²) in [4.78, 5) is 10.8. The van der Waals surface area contributed by atoms with E-state index in [0.717, 1.165) is 19.3 Å². The number of nitrogens with one attached hydrogen (secondary N) is 1. The third-order valence-corrected chi connectivity index (χ3v) is 2.15. The van der Waals surface area contributed by atoms with Crippen LogP contribution in [-0.2, 0) is 4.74 Å². The zero-order valence-corrected chi connectivity index (χ0v) is 7.25. The molecule has 0 radical (unpaired) electrons. The number of alkyl carbamates (subject to hydrolysis) is 1. The Labute approximate surface area is 71.9 Å². The van der Waals surface area contributed by atoms with Gasteiger partial charge in [-0.2, -0.15) is 0 Å². The van der Waals surface area contributed by atoms with Crippen molar-refractivity contribution in [1.82, 2.24) is 5.32 Å². The highest BCUT2D eigenvalue weighted by molar-refractivity contribution is 5.67. The van der Waals surface area contributed by atoms with Crippen molar-refractivity contribution in [3.05, 3.63) is 0 Å². The van der Waals surface area contributed by atoms with Gasteiger partial charge in [0.05, 0.1) is 13.2 Å². The minimum Gasteiger partial charge on any atom is -0.453 e. The Balaban J connectivity index is 2.27. The second kappa shape index (κ2) is 4.30. The Morgan fingerprint density at radius 3 is 2.92 bits per heavy atom. The molecule has 2 unspecified atom stereocenters. The van der Waals surface area contributed by atoms with Crippen molar-refractivity contribution < 1.29 is 14.6 Å². The summed E-state index contributed by atoms with van der Waals surface area (Å²) in [5.74, 6) is 0. The van der Waals surface area contributed by atoms with Crippen LogP contribution in [0, 0.1) is 0 Å². The van der Waals surface area contributed by atoms with E-state index >= 15 is 0 Å². The first-order valence-electron chi connectivity index (χ1n) is 4.25. The topological polar surface area (TPSA) is 58.6 Å². The van der Waals surface area contributed by atoms with Crippen LogP contribution in [0.5, 0.6) is 0 Å². The van der Waals surface area contributed by atoms with Crippen LogP contribution in [0.2, 0.25) is 0 Å². The van der Waals surface area contributed by atoms with Crippen molar-refractivity contribution in [2.75, 3.05) is 7.11 Å². The molecule has 1 fully saturated rings. The zero-order chi connectivity index (χ0) is 8.97. The number of aliphatic hydroxyl groups excluding tert-OH is 1. The van der Waals surface area contributed by atoms with Gasteiger partial charge in [-0.25, -0.2) is 4.79 Å². The number of aliphatic hydroxyl groups is 1. The zero-order valence-electron chi connectivity index (χ0n) is 7.25. The summed E-state index contributed by atoms with van der Waals surface area (Å²) >= 11 is 0. The number of rotatable bonds is 1. The van der Waals surface area contributed by atoms with Crippen molar-refractivity contribution in [1.29, 1.82) is 0 Å². The molecule has 0 aromatic carbocycles. The maximum absolute atomic E-state index is 10.8. The van der Waals surface area contributed by atoms with Gasteiger partial charge >= 0.3 is 6.09 Å². The monoisotopic (exact) mass is 173 g/mol. The minimum absolute atomic E-state index is 0.0844. The molecular formula is C8H15NO3. The highest BCUT2D eigenvalue weighted by Gasteiger charge is 2.21. The number of amides is 1. The molecule has 1 amide bonds. The predicted molar refractivity (Wildman–Crippen MR) is 43.8 cm³/mol. The van der Waals surface area contributed by atoms with Crippen molar-refractivity contribution in [3.63, 3.8) is 0 Å². The minimum atomic E-state index is -0.408. The van der Waals surface area contributed by atoms with Crippen LogP contribution < -0.4 is 5.32 Å². The maximum atomic E-state index is 10.8. The fraction of sp³-hybridized carbons (Fsp3) is 0.875. The van der Waals surface area contributed by atoms with Crippen LogP contribution in [0.3, 0.4) is 0 Å². The van der Waals surface area contributed by atoms with Crippen molar-refractivity contribution >= 4 is 6.09 Å². The van der Waals surface area contributed by atoms with Crippen LogP contribution in [0.1, 0.15) is 25.7 Å². The molecular weight excluding hydrogens is 158 g/mol. The number of ether oxygens (including phenoxy) is 1. The van der Waals surface area contributed by atoms with Crippen LogP contribution in [0.25, 0.3) is 0 Å². The van der Waals surface area contributed by atoms with Crippen molar-refractivity contribution in [2.24, 2.45) is 0 Å². The Morgan fingerprint density at radius 1 is 1.58 bits per heavy atom. The summed E-state index contributed by atoms with van der Waals surface area (Å²) in [5, 5.41) is 12.0. The molecule has 0 heterocycles. The second-order valence-corrected chi connectivity index (χ2v) is 3.15. The smallest absolute Gasteiger partial charge is 0.407 e. The largest absolute Gasteiger partial charge is 0.453 e. The molecule has 1 saturated carbocycles. The quantitative estimate of drug-likeness (QED) is 0.612. The lowest BCUT2D eigenvalue weighted by Gasteiger charge is -2.25. The molecule has 4 nitrogen and oxygen atoms in total. The summed E-state index contributed by atoms with van der Waals surface area (Å²) in [6.45, 7) is 0. The first-order chi connectivity index (χ1) is 5.72. The lowest BCUT2D eigenvalue weighted by Crippen LogP contribution is -2.39. The van der Waals surface area contributed by atoms with Gasteiger partial charge in [0, 0.05) is 6.04 Å². The van der Waals surface area contributed by atoms with E-state index < -0.39 is 6.09 Å². The molecule has 2 atom stereocenters. The van der Waals surface area contributed by atoms with Gasteiger partial charge in [-0.05, 0) is 25.7 Å². The Kier molecular flexibility index (Phi) is 3.34. The highest BCUT2D eigenvalue weighted by Crippen LogP contribution is 2.18. The fourth-order valence-corrected chi connectivity index (χ4v) is 1.52. The maximum Gasteiger partial charge on any atom is 0.407 e. The summed E-state index contributed by atoms with van der Waals surface area (Å²) in [5.41, 5.74) is 0. The van der Waals surface area contributed by atoms with E-state index in [4.69, 9.17) is 0 Å². The molecule has 1 rings (SSSR count). The standard InChI is InChI=1S/C8H15NO3/c1-12-8(11)9-6-3-2-4-7(10)5-6/h6-7,10H,2-5H2,1H3,(H,9,11). The molecule has 0 aliphatic heterocycles. The second-order valence-electron chi connectivity index (χ2n) is 3.15. The van der Waals surface area contributed by atoms with Gasteiger partial charge in [-0.1, -0.05) is 0 Å². The Hall–Kier alpha value is -0.770. The van der Waals surface area contributed by atoms with Gasteiger partial charge in [-0.15, -0.1) is 0 Å². The van der Waals surface area contributed by atoms with Crippen LogP contribution in [-0.4, -0.2) is 30.5 Å². The third-order valence-electron chi connectivity index (χ3n) is 2.15. The van der Waals surface area contributed by atoms with E-state index in [1.807, 2.05) is 0 Å². The van der Waals surface area contributed by atoms with E-state index in [-0.39, 0.29) is 12.1 Å². The average molecular weight is 173 g/mol. The first kappa shape index (κ1) is 9.32. The molecule has 0 bridgehead atoms. The van der Waals surface area contributed by atoms with E-state index in [0.29, 0.717) is 6.42 Å². The van der Waals surface area contributed by atoms with E-state index in [9.17, 15) is 9.90 Å². The molecule has 70 valence electrons. The SMILES string of the molecule is COC(=O)NC1CCCC(O)C1. The highest BCUT2D eigenvalue weighted by atomic mass is 16.5. The lowest BCUT2D eigenvalue weighted by atomic mass is 9.93. The summed E-state index contributed by atoms with van der Waals surface area (Å²) in [7, 11) is 1.34. The van der Waals surface area contributed by atoms with Gasteiger partial charge in [0.2, 0.25) is 0 Å². The number of methoxy groups -OCH3 is 1. The van der Waals surface area contributed by atoms with E-state index in [1.165, 1.54) is 7.11 Å². The fourth-order valence-electron chi connectivity index (χ4n) is 1.52. The molecule has 4 heteroatoms. The Morgan fingerprint density at radius 2 is 2.33 bits per heavy atom. The van der Waals surface area contributed by atoms with Gasteiger partial charge in [0.1, 0.15) is 0 Å². The molecule has 2 N–H and O–H groups in total. The van der Waals surface area contributed by atoms with Crippen molar-refractivity contribution in [3.8, 4) is 0 Å². The van der Waals surface area contributed by atoms with Crippen molar-refractivity contribution in [2.45, 2.75) is 37.8 Å². The first-order valence-corrected chi connectivity index (χ1v) is 4.25. The molecule has 0 aromatic heterocycles. The summed E-state index contributed by atoms with van der Waals surface area (Å²) in [6.07, 6.45) is 2.73. The van der Waals surface area contributed by atoms with Gasteiger partial charge in [-0.3, -0.25) is 0 Å². The molecule has 0 saturated heterocycles. The molecule has 0 spiro atoms. The average Bonchev–Trinajstić information content (AvgIpc) is 2.04. The summed E-state index contributed by atoms with van der Waals surface area (Å²) < 4.78 is 4.46. The van der Waals surface area contributed by atoms with E-state index in [1.54, 1.807) is 0 Å².